The molecule has 0 spiro atoms. The van der Waals surface area contributed by atoms with Gasteiger partial charge in [-0.1, -0.05) is 13.8 Å². The normalized spacial score (nSPS) is 11.5. The minimum absolute atomic E-state index is 0.0323. The summed E-state index contributed by atoms with van der Waals surface area (Å²) in [7, 11) is 1.66. The third-order valence-corrected chi connectivity index (χ3v) is 4.11. The Hall–Kier alpha value is -2.88. The van der Waals surface area contributed by atoms with E-state index in [0.29, 0.717) is 11.5 Å². The van der Waals surface area contributed by atoms with Crippen molar-refractivity contribution in [2.45, 2.75) is 20.3 Å². The molecule has 2 heterocycles. The summed E-state index contributed by atoms with van der Waals surface area (Å²) >= 11 is 0. The number of ketones is 1. The predicted molar refractivity (Wildman–Crippen MR) is 101 cm³/mol. The lowest BCUT2D eigenvalue weighted by Gasteiger charge is -2.04. The van der Waals surface area contributed by atoms with E-state index in [1.165, 1.54) is 0 Å². The molecule has 4 nitrogen and oxygen atoms in total. The van der Waals surface area contributed by atoms with E-state index in [4.69, 9.17) is 4.74 Å². The number of carbonyl (C=O) groups is 1. The molecule has 0 saturated carbocycles. The van der Waals surface area contributed by atoms with Gasteiger partial charge in [-0.05, 0) is 54.8 Å². The lowest BCUT2D eigenvalue weighted by molar-refractivity contribution is 0.104. The van der Waals surface area contributed by atoms with Crippen LogP contribution in [0.1, 0.15) is 35.5 Å². The maximum atomic E-state index is 12.4. The van der Waals surface area contributed by atoms with Crippen molar-refractivity contribution in [2.75, 3.05) is 7.11 Å². The Morgan fingerprint density at radius 1 is 1.24 bits per heavy atom. The lowest BCUT2D eigenvalue weighted by atomic mass is 10.0. The summed E-state index contributed by atoms with van der Waals surface area (Å²) in [5, 5.41) is 1.06. The van der Waals surface area contributed by atoms with Crippen LogP contribution in [-0.2, 0) is 6.42 Å². The van der Waals surface area contributed by atoms with E-state index in [2.05, 4.69) is 23.8 Å². The summed E-state index contributed by atoms with van der Waals surface area (Å²) in [5.74, 6) is 1.28. The second-order valence-electron chi connectivity index (χ2n) is 6.46. The summed E-state index contributed by atoms with van der Waals surface area (Å²) in [5.41, 5.74) is 3.86. The van der Waals surface area contributed by atoms with Gasteiger partial charge in [-0.2, -0.15) is 0 Å². The number of rotatable bonds is 6. The number of allylic oxidation sites excluding steroid dienone is 1. The molecule has 0 radical (unpaired) electrons. The Kier molecular flexibility index (Phi) is 4.98. The minimum atomic E-state index is -0.0323. The summed E-state index contributed by atoms with van der Waals surface area (Å²) in [6.45, 7) is 4.36. The number of nitrogens with one attached hydrogen (secondary N) is 1. The molecule has 0 aliphatic carbocycles. The van der Waals surface area contributed by atoms with Gasteiger partial charge in [0.2, 0.25) is 0 Å². The highest BCUT2D eigenvalue weighted by Gasteiger charge is 2.12. The highest BCUT2D eigenvalue weighted by molar-refractivity contribution is 6.08. The first kappa shape index (κ1) is 17.0. The van der Waals surface area contributed by atoms with Crippen molar-refractivity contribution >= 4 is 22.8 Å². The Balaban J connectivity index is 2.02. The molecule has 1 aromatic carbocycles. The smallest absolute Gasteiger partial charge is 0.185 e. The zero-order valence-corrected chi connectivity index (χ0v) is 14.7. The maximum absolute atomic E-state index is 12.4. The number of H-pyrrole nitrogens is 1. The van der Waals surface area contributed by atoms with Crippen LogP contribution in [0, 0.1) is 5.92 Å². The molecule has 2 aromatic heterocycles. The molecule has 3 aromatic rings. The third kappa shape index (κ3) is 3.79. The van der Waals surface area contributed by atoms with Crippen molar-refractivity contribution in [3.63, 3.8) is 0 Å². The molecule has 0 amide bonds. The number of hydrogen-bond donors (Lipinski definition) is 1. The van der Waals surface area contributed by atoms with Gasteiger partial charge in [-0.25, -0.2) is 0 Å². The van der Waals surface area contributed by atoms with Gasteiger partial charge in [0.1, 0.15) is 5.75 Å². The van der Waals surface area contributed by atoms with E-state index in [9.17, 15) is 4.79 Å². The zero-order valence-electron chi connectivity index (χ0n) is 14.7. The van der Waals surface area contributed by atoms with Crippen LogP contribution >= 0.6 is 0 Å². The predicted octanol–water partition coefficient (Wildman–Crippen LogP) is 4.67. The molecule has 0 saturated heterocycles. The number of methoxy groups -OCH3 is 1. The maximum Gasteiger partial charge on any atom is 0.185 e. The Morgan fingerprint density at radius 3 is 2.68 bits per heavy atom. The molecule has 3 rings (SSSR count). The molecule has 0 unspecified atom stereocenters. The number of aromatic amines is 1. The van der Waals surface area contributed by atoms with Gasteiger partial charge in [0, 0.05) is 40.1 Å². The molecule has 0 atom stereocenters. The van der Waals surface area contributed by atoms with Crippen LogP contribution in [0.5, 0.6) is 5.75 Å². The van der Waals surface area contributed by atoms with E-state index < -0.39 is 0 Å². The number of pyridine rings is 1. The first-order chi connectivity index (χ1) is 12.1. The first-order valence-corrected chi connectivity index (χ1v) is 8.39. The Labute approximate surface area is 147 Å². The van der Waals surface area contributed by atoms with Gasteiger partial charge in [-0.15, -0.1) is 0 Å². The van der Waals surface area contributed by atoms with E-state index in [-0.39, 0.29) is 5.78 Å². The zero-order chi connectivity index (χ0) is 17.8. The van der Waals surface area contributed by atoms with Gasteiger partial charge in [0.25, 0.3) is 0 Å². The van der Waals surface area contributed by atoms with Crippen LogP contribution in [0.3, 0.4) is 0 Å². The number of ether oxygens (including phenoxy) is 1. The second kappa shape index (κ2) is 7.34. The number of aromatic nitrogens is 2. The first-order valence-electron chi connectivity index (χ1n) is 8.39. The van der Waals surface area contributed by atoms with Crippen LogP contribution in [0.15, 0.2) is 48.8 Å². The lowest BCUT2D eigenvalue weighted by Crippen LogP contribution is -1.97. The van der Waals surface area contributed by atoms with Crippen molar-refractivity contribution in [1.29, 1.82) is 0 Å². The number of hydrogen-bond acceptors (Lipinski definition) is 3. The van der Waals surface area contributed by atoms with Crippen LogP contribution in [0.4, 0.5) is 0 Å². The summed E-state index contributed by atoms with van der Waals surface area (Å²) in [6, 6.07) is 9.40. The topological polar surface area (TPSA) is 55.0 Å². The Bertz CT molecular complexity index is 908. The number of fused-ring (bicyclic) bond motifs is 1. The van der Waals surface area contributed by atoms with Gasteiger partial charge in [-0.3, -0.25) is 9.78 Å². The fraction of sp³-hybridized carbons (Fsp3) is 0.238. The van der Waals surface area contributed by atoms with Gasteiger partial charge in [0.15, 0.2) is 5.78 Å². The average molecular weight is 334 g/mol. The molecular weight excluding hydrogens is 312 g/mol. The van der Waals surface area contributed by atoms with E-state index in [0.717, 1.165) is 34.3 Å². The molecule has 128 valence electrons. The molecule has 4 heteroatoms. The summed E-state index contributed by atoms with van der Waals surface area (Å²) in [4.78, 5) is 19.8. The van der Waals surface area contributed by atoms with Crippen molar-refractivity contribution in [2.24, 2.45) is 5.92 Å². The number of carbonyl (C=O) groups excluding carboxylic acids is 1. The van der Waals surface area contributed by atoms with Crippen LogP contribution in [-0.4, -0.2) is 22.9 Å². The van der Waals surface area contributed by atoms with Crippen LogP contribution in [0.2, 0.25) is 0 Å². The van der Waals surface area contributed by atoms with E-state index in [1.807, 2.05) is 24.3 Å². The third-order valence-electron chi connectivity index (χ3n) is 4.11. The summed E-state index contributed by atoms with van der Waals surface area (Å²) in [6.07, 6.45) is 7.70. The van der Waals surface area contributed by atoms with Gasteiger partial charge >= 0.3 is 0 Å². The SMILES string of the molecule is COc1ccc2[nH]c(CC(C)C)c(C=CC(=O)c3ccncc3)c2c1. The summed E-state index contributed by atoms with van der Waals surface area (Å²) < 4.78 is 5.35. The molecule has 25 heavy (non-hydrogen) atoms. The largest absolute Gasteiger partial charge is 0.497 e. The highest BCUT2D eigenvalue weighted by Crippen LogP contribution is 2.29. The van der Waals surface area contributed by atoms with Crippen molar-refractivity contribution in [3.05, 3.63) is 65.6 Å². The molecule has 0 aliphatic heterocycles. The highest BCUT2D eigenvalue weighted by atomic mass is 16.5. The monoisotopic (exact) mass is 334 g/mol. The van der Waals surface area contributed by atoms with Gasteiger partial charge in [0.05, 0.1) is 7.11 Å². The molecular formula is C21H22N2O2. The fourth-order valence-corrected chi connectivity index (χ4v) is 2.91. The Morgan fingerprint density at radius 2 is 2.00 bits per heavy atom. The van der Waals surface area contributed by atoms with Crippen molar-refractivity contribution < 1.29 is 9.53 Å². The van der Waals surface area contributed by atoms with E-state index in [1.54, 1.807) is 37.7 Å². The van der Waals surface area contributed by atoms with E-state index >= 15 is 0 Å². The number of nitrogens with zero attached hydrogens (tertiary/aromatic N) is 1. The molecule has 0 bridgehead atoms. The quantitative estimate of drug-likeness (QED) is 0.526. The van der Waals surface area contributed by atoms with Crippen molar-refractivity contribution in [3.8, 4) is 5.75 Å². The minimum Gasteiger partial charge on any atom is -0.497 e. The van der Waals surface area contributed by atoms with Crippen LogP contribution < -0.4 is 4.74 Å². The molecule has 0 fully saturated rings. The average Bonchev–Trinajstić information content (AvgIpc) is 2.95. The molecule has 0 aliphatic rings. The van der Waals surface area contributed by atoms with Crippen LogP contribution in [0.25, 0.3) is 17.0 Å². The fourth-order valence-electron chi connectivity index (χ4n) is 2.91. The standard InChI is InChI=1S/C21H22N2O2/c1-14(2)12-20-17(5-7-21(24)15-8-10-22-11-9-15)18-13-16(25-3)4-6-19(18)23-20/h4-11,13-14,23H,12H2,1-3H3. The second-order valence-corrected chi connectivity index (χ2v) is 6.46. The van der Waals surface area contributed by atoms with Gasteiger partial charge < -0.3 is 9.72 Å². The number of benzene rings is 1. The molecule has 1 N–H and O–H groups in total. The van der Waals surface area contributed by atoms with Crippen molar-refractivity contribution in [1.82, 2.24) is 9.97 Å².